The van der Waals surface area contributed by atoms with Gasteiger partial charge in [0.05, 0.1) is 7.11 Å². The highest BCUT2D eigenvalue weighted by Gasteiger charge is 2.16. The first-order valence-corrected chi connectivity index (χ1v) is 10.5. The van der Waals surface area contributed by atoms with Crippen LogP contribution in [0.2, 0.25) is 0 Å². The predicted octanol–water partition coefficient (Wildman–Crippen LogP) is 3.71. The van der Waals surface area contributed by atoms with E-state index in [0.29, 0.717) is 22.6 Å². The molecule has 0 spiro atoms. The molecule has 0 saturated heterocycles. The third-order valence-corrected chi connectivity index (χ3v) is 5.97. The van der Waals surface area contributed by atoms with Crippen LogP contribution < -0.4 is 15.6 Å². The lowest BCUT2D eigenvalue weighted by Gasteiger charge is -2.14. The Balaban J connectivity index is 1.78. The number of methoxy groups -OCH3 is 1. The predicted molar refractivity (Wildman–Crippen MR) is 123 cm³/mol. The zero-order valence-corrected chi connectivity index (χ0v) is 17.9. The molecule has 2 aromatic heterocycles. The summed E-state index contributed by atoms with van der Waals surface area (Å²) in [5, 5.41) is 6.68. The van der Waals surface area contributed by atoms with Crippen molar-refractivity contribution < 1.29 is 9.53 Å². The molecule has 6 nitrogen and oxygen atoms in total. The highest BCUT2D eigenvalue weighted by atomic mass is 32.1. The average molecular weight is 422 g/mol. The number of nitrogens with one attached hydrogen (secondary N) is 2. The Morgan fingerprint density at radius 2 is 1.90 bits per heavy atom. The summed E-state index contributed by atoms with van der Waals surface area (Å²) < 4.78 is 6.33. The third kappa shape index (κ3) is 3.69. The molecular formula is C23H23N3O3S. The minimum atomic E-state index is -0.0992. The Kier molecular flexibility index (Phi) is 5.57. The summed E-state index contributed by atoms with van der Waals surface area (Å²) >= 11 is 1.42. The van der Waals surface area contributed by atoms with Crippen molar-refractivity contribution in [2.75, 3.05) is 34.3 Å². The third-order valence-electron chi connectivity index (χ3n) is 5.06. The number of hydrogen-bond acceptors (Lipinski definition) is 5. The molecule has 0 unspecified atom stereocenters. The summed E-state index contributed by atoms with van der Waals surface area (Å²) in [6.07, 6.45) is 0. The SMILES string of the molecule is COc1ccc2[nH]c(=O)c3sccc3c2c1-c1ccc(C(=O)NCCN(C)C)cc1. The fourth-order valence-electron chi connectivity index (χ4n) is 3.57. The van der Waals surface area contributed by atoms with Gasteiger partial charge in [0.2, 0.25) is 0 Å². The molecule has 2 aromatic carbocycles. The molecule has 7 heteroatoms. The van der Waals surface area contributed by atoms with Gasteiger partial charge >= 0.3 is 0 Å². The maximum absolute atomic E-state index is 12.4. The molecule has 0 radical (unpaired) electrons. The summed E-state index contributed by atoms with van der Waals surface area (Å²) in [4.78, 5) is 29.8. The summed E-state index contributed by atoms with van der Waals surface area (Å²) in [5.74, 6) is 0.614. The number of ether oxygens (including phenoxy) is 1. The van der Waals surface area contributed by atoms with Crippen molar-refractivity contribution in [3.63, 3.8) is 0 Å². The highest BCUT2D eigenvalue weighted by Crippen LogP contribution is 2.40. The Morgan fingerprint density at radius 3 is 2.60 bits per heavy atom. The van der Waals surface area contributed by atoms with Gasteiger partial charge in [0, 0.05) is 40.5 Å². The van der Waals surface area contributed by atoms with Crippen molar-refractivity contribution in [1.29, 1.82) is 0 Å². The van der Waals surface area contributed by atoms with E-state index in [2.05, 4.69) is 10.3 Å². The minimum Gasteiger partial charge on any atom is -0.496 e. The van der Waals surface area contributed by atoms with Crippen molar-refractivity contribution in [2.24, 2.45) is 0 Å². The standard InChI is InChI=1S/C23H23N3O3S/c1-26(2)12-11-24-22(27)15-6-4-14(5-7-15)19-18(29-3)9-8-17-20(19)16-10-13-30-21(16)23(28)25-17/h4-10,13H,11-12H2,1-3H3,(H,24,27)(H,25,28). The van der Waals surface area contributed by atoms with Gasteiger partial charge in [0.15, 0.2) is 0 Å². The minimum absolute atomic E-state index is 0.0895. The second-order valence-corrected chi connectivity index (χ2v) is 8.24. The number of likely N-dealkylation sites (N-methyl/N-ethyl adjacent to an activating group) is 1. The van der Waals surface area contributed by atoms with Gasteiger partial charge in [0.1, 0.15) is 10.4 Å². The second-order valence-electron chi connectivity index (χ2n) is 7.32. The number of aromatic nitrogens is 1. The van der Waals surface area contributed by atoms with E-state index in [0.717, 1.165) is 34.0 Å². The van der Waals surface area contributed by atoms with Gasteiger partial charge in [-0.15, -0.1) is 11.3 Å². The van der Waals surface area contributed by atoms with Crippen LogP contribution in [-0.2, 0) is 0 Å². The molecule has 154 valence electrons. The van der Waals surface area contributed by atoms with E-state index in [1.807, 2.05) is 66.8 Å². The summed E-state index contributed by atoms with van der Waals surface area (Å²) in [7, 11) is 5.57. The Hall–Kier alpha value is -3.16. The van der Waals surface area contributed by atoms with Gasteiger partial charge in [-0.25, -0.2) is 0 Å². The van der Waals surface area contributed by atoms with Crippen LogP contribution >= 0.6 is 11.3 Å². The zero-order valence-electron chi connectivity index (χ0n) is 17.1. The van der Waals surface area contributed by atoms with Crippen molar-refractivity contribution in [3.8, 4) is 16.9 Å². The van der Waals surface area contributed by atoms with E-state index in [-0.39, 0.29) is 11.5 Å². The Labute approximate surface area is 178 Å². The van der Waals surface area contributed by atoms with E-state index < -0.39 is 0 Å². The van der Waals surface area contributed by atoms with E-state index in [1.165, 1.54) is 11.3 Å². The number of aromatic amines is 1. The lowest BCUT2D eigenvalue weighted by atomic mass is 9.96. The molecule has 4 rings (SSSR count). The van der Waals surface area contributed by atoms with E-state index in [4.69, 9.17) is 4.74 Å². The fourth-order valence-corrected chi connectivity index (χ4v) is 4.36. The number of thiophene rings is 1. The number of benzene rings is 2. The number of carbonyl (C=O) groups excluding carboxylic acids is 1. The van der Waals surface area contributed by atoms with Gasteiger partial charge < -0.3 is 19.9 Å². The van der Waals surface area contributed by atoms with Crippen molar-refractivity contribution in [3.05, 3.63) is 63.8 Å². The topological polar surface area (TPSA) is 74.4 Å². The normalized spacial score (nSPS) is 11.3. The van der Waals surface area contributed by atoms with E-state index in [9.17, 15) is 9.59 Å². The quantitative estimate of drug-likeness (QED) is 0.498. The molecule has 4 aromatic rings. The fraction of sp³-hybridized carbons (Fsp3) is 0.217. The molecule has 0 aliphatic carbocycles. The van der Waals surface area contributed by atoms with Crippen LogP contribution in [0.1, 0.15) is 10.4 Å². The monoisotopic (exact) mass is 421 g/mol. The number of nitrogens with zero attached hydrogens (tertiary/aromatic N) is 1. The molecule has 0 saturated carbocycles. The average Bonchev–Trinajstić information content (AvgIpc) is 3.23. The van der Waals surface area contributed by atoms with Gasteiger partial charge in [-0.05, 0) is 55.4 Å². The molecule has 2 heterocycles. The van der Waals surface area contributed by atoms with Crippen LogP contribution in [0.25, 0.3) is 32.1 Å². The molecule has 0 aliphatic heterocycles. The van der Waals surface area contributed by atoms with Crippen LogP contribution in [0, 0.1) is 0 Å². The van der Waals surface area contributed by atoms with Crippen molar-refractivity contribution in [1.82, 2.24) is 15.2 Å². The first kappa shape index (κ1) is 20.1. The Morgan fingerprint density at radius 1 is 1.13 bits per heavy atom. The first-order valence-electron chi connectivity index (χ1n) is 9.63. The molecule has 0 bridgehead atoms. The smallest absolute Gasteiger partial charge is 0.266 e. The number of H-pyrrole nitrogens is 1. The maximum Gasteiger partial charge on any atom is 0.266 e. The zero-order chi connectivity index (χ0) is 21.3. The van der Waals surface area contributed by atoms with E-state index in [1.54, 1.807) is 7.11 Å². The number of carbonyl (C=O) groups is 1. The first-order chi connectivity index (χ1) is 14.5. The number of pyridine rings is 1. The number of rotatable bonds is 6. The van der Waals surface area contributed by atoms with Crippen LogP contribution in [0.3, 0.4) is 0 Å². The summed E-state index contributed by atoms with van der Waals surface area (Å²) in [5.41, 5.74) is 3.09. The van der Waals surface area contributed by atoms with E-state index >= 15 is 0 Å². The van der Waals surface area contributed by atoms with Gasteiger partial charge in [-0.1, -0.05) is 12.1 Å². The number of amides is 1. The van der Waals surface area contributed by atoms with Crippen LogP contribution in [0.15, 0.2) is 52.6 Å². The van der Waals surface area contributed by atoms with Crippen LogP contribution in [-0.4, -0.2) is 50.1 Å². The molecule has 30 heavy (non-hydrogen) atoms. The van der Waals surface area contributed by atoms with Crippen molar-refractivity contribution in [2.45, 2.75) is 0 Å². The molecular weight excluding hydrogens is 398 g/mol. The molecule has 1 amide bonds. The van der Waals surface area contributed by atoms with Gasteiger partial charge in [0.25, 0.3) is 11.5 Å². The number of hydrogen-bond donors (Lipinski definition) is 2. The molecule has 2 N–H and O–H groups in total. The lowest BCUT2D eigenvalue weighted by Crippen LogP contribution is -2.31. The lowest BCUT2D eigenvalue weighted by molar-refractivity contribution is 0.0951. The highest BCUT2D eigenvalue weighted by molar-refractivity contribution is 7.17. The van der Waals surface area contributed by atoms with Crippen LogP contribution in [0.4, 0.5) is 0 Å². The maximum atomic E-state index is 12.4. The molecule has 0 fully saturated rings. The van der Waals surface area contributed by atoms with Gasteiger partial charge in [-0.2, -0.15) is 0 Å². The molecule has 0 atom stereocenters. The van der Waals surface area contributed by atoms with Crippen molar-refractivity contribution >= 4 is 38.2 Å². The number of fused-ring (bicyclic) bond motifs is 3. The van der Waals surface area contributed by atoms with Gasteiger partial charge in [-0.3, -0.25) is 9.59 Å². The van der Waals surface area contributed by atoms with Crippen LogP contribution in [0.5, 0.6) is 5.75 Å². The summed E-state index contributed by atoms with van der Waals surface area (Å²) in [6, 6.07) is 13.1. The Bertz CT molecular complexity index is 1270. The molecule has 0 aliphatic rings. The summed E-state index contributed by atoms with van der Waals surface area (Å²) in [6.45, 7) is 1.38. The second kappa shape index (κ2) is 8.30. The largest absolute Gasteiger partial charge is 0.496 e.